The number of aryl methyl sites for hydroxylation is 1. The third-order valence-corrected chi connectivity index (χ3v) is 4.82. The van der Waals surface area contributed by atoms with Crippen molar-refractivity contribution in [3.05, 3.63) is 64.5 Å². The van der Waals surface area contributed by atoms with Gasteiger partial charge in [0.05, 0.1) is 5.69 Å². The van der Waals surface area contributed by atoms with E-state index in [1.165, 1.54) is 35.1 Å². The summed E-state index contributed by atoms with van der Waals surface area (Å²) in [6.07, 6.45) is 5.28. The largest absolute Gasteiger partial charge is 0.350 e. The zero-order valence-corrected chi connectivity index (χ0v) is 15.2. The summed E-state index contributed by atoms with van der Waals surface area (Å²) in [5, 5.41) is 11.2. The Morgan fingerprint density at radius 2 is 2.04 bits per heavy atom. The van der Waals surface area contributed by atoms with Gasteiger partial charge < -0.3 is 5.32 Å². The van der Waals surface area contributed by atoms with Crippen LogP contribution in [0.25, 0.3) is 5.57 Å². The summed E-state index contributed by atoms with van der Waals surface area (Å²) in [6, 6.07) is 10.2. The van der Waals surface area contributed by atoms with Crippen molar-refractivity contribution in [2.45, 2.75) is 46.0 Å². The van der Waals surface area contributed by atoms with Crippen molar-refractivity contribution in [3.8, 4) is 0 Å². The molecule has 3 rings (SSSR count). The smallest absolute Gasteiger partial charge is 0.271 e. The van der Waals surface area contributed by atoms with Crippen LogP contribution in [0, 0.1) is 6.92 Å². The number of carbonyl (C=O) groups excluding carboxylic acids is 1. The lowest BCUT2D eigenvalue weighted by Gasteiger charge is -2.11. The van der Waals surface area contributed by atoms with Crippen molar-refractivity contribution in [1.29, 1.82) is 0 Å². The maximum Gasteiger partial charge on any atom is 0.271 e. The molecule has 1 heterocycles. The number of nitrogens with zero attached hydrogens (tertiary/aromatic N) is 2. The molecule has 0 radical (unpaired) electrons. The molecule has 0 aliphatic heterocycles. The van der Waals surface area contributed by atoms with E-state index in [1.54, 1.807) is 0 Å². The fraction of sp³-hybridized carbons (Fsp3) is 0.381. The van der Waals surface area contributed by atoms with Gasteiger partial charge in [0, 0.05) is 6.54 Å². The van der Waals surface area contributed by atoms with E-state index in [0.29, 0.717) is 18.2 Å². The highest BCUT2D eigenvalue weighted by Crippen LogP contribution is 2.41. The average Bonchev–Trinajstić information content (AvgIpc) is 3.46. The summed E-state index contributed by atoms with van der Waals surface area (Å²) >= 11 is 0. The van der Waals surface area contributed by atoms with Gasteiger partial charge in [-0.3, -0.25) is 4.79 Å². The second kappa shape index (κ2) is 7.60. The highest BCUT2D eigenvalue weighted by molar-refractivity contribution is 5.92. The minimum atomic E-state index is -0.144. The summed E-state index contributed by atoms with van der Waals surface area (Å²) in [6.45, 7) is 6.70. The minimum Gasteiger partial charge on any atom is -0.350 e. The summed E-state index contributed by atoms with van der Waals surface area (Å²) in [5.41, 5.74) is 6.27. The van der Waals surface area contributed by atoms with Crippen LogP contribution in [0.15, 0.2) is 36.4 Å². The molecule has 130 valence electrons. The molecule has 0 saturated heterocycles. The first kappa shape index (κ1) is 17.3. The zero-order valence-electron chi connectivity index (χ0n) is 15.2. The van der Waals surface area contributed by atoms with Crippen molar-refractivity contribution >= 4 is 11.5 Å². The van der Waals surface area contributed by atoms with Crippen molar-refractivity contribution in [2.24, 2.45) is 0 Å². The van der Waals surface area contributed by atoms with Crippen LogP contribution in [-0.2, 0) is 6.42 Å². The van der Waals surface area contributed by atoms with Crippen LogP contribution in [0.4, 0.5) is 0 Å². The van der Waals surface area contributed by atoms with Gasteiger partial charge in [0.2, 0.25) is 0 Å². The normalized spacial score (nSPS) is 14.4. The fourth-order valence-electron chi connectivity index (χ4n) is 3.07. The molecule has 4 heteroatoms. The molecule has 4 nitrogen and oxygen atoms in total. The molecular weight excluding hydrogens is 310 g/mol. The Labute approximate surface area is 149 Å². The van der Waals surface area contributed by atoms with Crippen LogP contribution >= 0.6 is 0 Å². The van der Waals surface area contributed by atoms with Crippen LogP contribution in [0.3, 0.4) is 0 Å². The van der Waals surface area contributed by atoms with Gasteiger partial charge in [-0.1, -0.05) is 30.3 Å². The highest BCUT2D eigenvalue weighted by Gasteiger charge is 2.27. The molecular formula is C21H25N3O. The lowest BCUT2D eigenvalue weighted by molar-refractivity contribution is 0.0948. The first-order valence-electron chi connectivity index (χ1n) is 8.93. The first-order valence-corrected chi connectivity index (χ1v) is 8.93. The van der Waals surface area contributed by atoms with Gasteiger partial charge in [-0.05, 0) is 74.3 Å². The molecule has 1 aromatic carbocycles. The molecule has 1 amide bonds. The maximum atomic E-state index is 12.4. The minimum absolute atomic E-state index is 0.144. The van der Waals surface area contributed by atoms with Crippen molar-refractivity contribution < 1.29 is 4.79 Å². The van der Waals surface area contributed by atoms with Gasteiger partial charge in [-0.15, -0.1) is 5.10 Å². The number of aromatic nitrogens is 2. The standard InChI is InChI=1S/C21H25N3O/c1-4-14(2)18-8-6-5-7-16(18)11-12-22-21(25)20-13-19(17-9-10-17)15(3)23-24-20/h4-8,13,17H,9-12H2,1-3H3,(H,22,25)/b14-4-. The topological polar surface area (TPSA) is 54.9 Å². The summed E-state index contributed by atoms with van der Waals surface area (Å²) in [5.74, 6) is 0.423. The van der Waals surface area contributed by atoms with Gasteiger partial charge in [0.15, 0.2) is 5.69 Å². The highest BCUT2D eigenvalue weighted by atomic mass is 16.1. The number of allylic oxidation sites excluding steroid dienone is 2. The molecule has 1 aliphatic carbocycles. The lowest BCUT2D eigenvalue weighted by Crippen LogP contribution is -2.27. The Kier molecular flexibility index (Phi) is 5.27. The van der Waals surface area contributed by atoms with Gasteiger partial charge >= 0.3 is 0 Å². The van der Waals surface area contributed by atoms with Crippen molar-refractivity contribution in [3.63, 3.8) is 0 Å². The van der Waals surface area contributed by atoms with Crippen molar-refractivity contribution in [1.82, 2.24) is 15.5 Å². The van der Waals surface area contributed by atoms with E-state index in [-0.39, 0.29) is 5.91 Å². The molecule has 1 fully saturated rings. The van der Waals surface area contributed by atoms with Gasteiger partial charge in [0.25, 0.3) is 5.91 Å². The van der Waals surface area contributed by atoms with Crippen LogP contribution in [0.1, 0.15) is 65.5 Å². The number of rotatable bonds is 6. The third-order valence-electron chi connectivity index (χ3n) is 4.82. The Morgan fingerprint density at radius 1 is 1.28 bits per heavy atom. The molecule has 25 heavy (non-hydrogen) atoms. The van der Waals surface area contributed by atoms with Gasteiger partial charge in [-0.25, -0.2) is 0 Å². The Morgan fingerprint density at radius 3 is 2.76 bits per heavy atom. The van der Waals surface area contributed by atoms with Crippen LogP contribution in [-0.4, -0.2) is 22.6 Å². The average molecular weight is 335 g/mol. The molecule has 1 saturated carbocycles. The van der Waals surface area contributed by atoms with Crippen molar-refractivity contribution in [2.75, 3.05) is 6.54 Å². The molecule has 0 bridgehead atoms. The number of nitrogens with one attached hydrogen (secondary N) is 1. The van der Waals surface area contributed by atoms with E-state index < -0.39 is 0 Å². The zero-order chi connectivity index (χ0) is 17.8. The molecule has 1 N–H and O–H groups in total. The lowest BCUT2D eigenvalue weighted by atomic mass is 9.98. The first-order chi connectivity index (χ1) is 12.1. The number of benzene rings is 1. The van der Waals surface area contributed by atoms with Crippen LogP contribution in [0.5, 0.6) is 0 Å². The van der Waals surface area contributed by atoms with E-state index in [9.17, 15) is 4.79 Å². The molecule has 0 spiro atoms. The number of amides is 1. The molecule has 0 atom stereocenters. The Hall–Kier alpha value is -2.49. The third kappa shape index (κ3) is 4.13. The summed E-state index contributed by atoms with van der Waals surface area (Å²) in [7, 11) is 0. The summed E-state index contributed by atoms with van der Waals surface area (Å²) in [4.78, 5) is 12.4. The number of hydrogen-bond acceptors (Lipinski definition) is 3. The fourth-order valence-corrected chi connectivity index (χ4v) is 3.07. The van der Waals surface area contributed by atoms with Gasteiger partial charge in [-0.2, -0.15) is 5.10 Å². The second-order valence-corrected chi connectivity index (χ2v) is 6.68. The quantitative estimate of drug-likeness (QED) is 0.866. The molecule has 0 unspecified atom stereocenters. The SMILES string of the molecule is C/C=C(/C)c1ccccc1CCNC(=O)c1cc(C2CC2)c(C)nn1. The number of hydrogen-bond donors (Lipinski definition) is 1. The predicted molar refractivity (Wildman–Crippen MR) is 101 cm³/mol. The Bertz CT molecular complexity index is 807. The second-order valence-electron chi connectivity index (χ2n) is 6.68. The van der Waals surface area contributed by atoms with E-state index in [0.717, 1.165) is 12.1 Å². The Balaban J connectivity index is 1.63. The number of carbonyl (C=O) groups is 1. The van der Waals surface area contributed by atoms with E-state index in [2.05, 4.69) is 40.6 Å². The molecule has 1 aliphatic rings. The van der Waals surface area contributed by atoms with Crippen LogP contribution in [0.2, 0.25) is 0 Å². The van der Waals surface area contributed by atoms with E-state index in [4.69, 9.17) is 0 Å². The molecule has 1 aromatic heterocycles. The maximum absolute atomic E-state index is 12.4. The van der Waals surface area contributed by atoms with E-state index >= 15 is 0 Å². The van der Waals surface area contributed by atoms with E-state index in [1.807, 2.05) is 32.0 Å². The monoisotopic (exact) mass is 335 g/mol. The predicted octanol–water partition coefficient (Wildman–Crippen LogP) is 4.06. The van der Waals surface area contributed by atoms with Crippen LogP contribution < -0.4 is 5.32 Å². The molecule has 2 aromatic rings. The van der Waals surface area contributed by atoms with Gasteiger partial charge in [0.1, 0.15) is 0 Å². The summed E-state index contributed by atoms with van der Waals surface area (Å²) < 4.78 is 0.